The minimum absolute atomic E-state index is 0.342. The van der Waals surface area contributed by atoms with E-state index in [0.717, 1.165) is 41.0 Å². The zero-order chi connectivity index (χ0) is 15.1. The normalized spacial score (nSPS) is 19.1. The third-order valence-electron chi connectivity index (χ3n) is 4.30. The second-order valence-electron chi connectivity index (χ2n) is 5.74. The fourth-order valence-corrected chi connectivity index (χ4v) is 3.38. The van der Waals surface area contributed by atoms with Crippen LogP contribution in [0.1, 0.15) is 24.6 Å². The molecule has 0 spiro atoms. The van der Waals surface area contributed by atoms with E-state index in [0.29, 0.717) is 11.2 Å². The number of rotatable bonds is 2. The van der Waals surface area contributed by atoms with Crippen molar-refractivity contribution in [3.05, 3.63) is 47.6 Å². The van der Waals surface area contributed by atoms with Crippen LogP contribution in [-0.2, 0) is 0 Å². The van der Waals surface area contributed by atoms with Crippen LogP contribution >= 0.6 is 11.6 Å². The lowest BCUT2D eigenvalue weighted by Crippen LogP contribution is -2.16. The molecule has 3 aromatic heterocycles. The van der Waals surface area contributed by atoms with Crippen LogP contribution in [0, 0.1) is 0 Å². The fraction of sp³-hybridized carbons (Fsp3) is 0.294. The Bertz CT molecular complexity index is 815. The molecule has 0 saturated carbocycles. The Morgan fingerprint density at radius 1 is 1.36 bits per heavy atom. The molecule has 112 valence electrons. The zero-order valence-electron chi connectivity index (χ0n) is 12.3. The van der Waals surface area contributed by atoms with Crippen LogP contribution in [0.3, 0.4) is 0 Å². The van der Waals surface area contributed by atoms with Gasteiger partial charge in [0.1, 0.15) is 16.4 Å². The maximum absolute atomic E-state index is 6.34. The molecule has 5 heteroatoms. The van der Waals surface area contributed by atoms with E-state index in [1.54, 1.807) is 12.4 Å². The SMILES string of the molecule is CN1CCCC1c1cc2nc(Cl)c(-c3cccnc3)cc2o1. The summed E-state index contributed by atoms with van der Waals surface area (Å²) in [4.78, 5) is 11.0. The Morgan fingerprint density at radius 2 is 2.27 bits per heavy atom. The van der Waals surface area contributed by atoms with E-state index in [1.165, 1.54) is 6.42 Å². The van der Waals surface area contributed by atoms with E-state index in [2.05, 4.69) is 21.9 Å². The van der Waals surface area contributed by atoms with Crippen molar-refractivity contribution in [3.8, 4) is 11.1 Å². The van der Waals surface area contributed by atoms with Gasteiger partial charge in [-0.25, -0.2) is 4.98 Å². The molecule has 1 fully saturated rings. The molecule has 1 aliphatic heterocycles. The van der Waals surface area contributed by atoms with Gasteiger partial charge in [-0.1, -0.05) is 17.7 Å². The van der Waals surface area contributed by atoms with Crippen molar-refractivity contribution in [2.75, 3.05) is 13.6 Å². The molecule has 0 aliphatic carbocycles. The number of nitrogens with zero attached hydrogens (tertiary/aromatic N) is 3. The lowest BCUT2D eigenvalue weighted by Gasteiger charge is -2.16. The summed E-state index contributed by atoms with van der Waals surface area (Å²) in [7, 11) is 2.13. The van der Waals surface area contributed by atoms with Crippen LogP contribution in [0.15, 0.2) is 41.1 Å². The Labute approximate surface area is 133 Å². The highest BCUT2D eigenvalue weighted by Gasteiger charge is 2.26. The van der Waals surface area contributed by atoms with Gasteiger partial charge >= 0.3 is 0 Å². The van der Waals surface area contributed by atoms with Gasteiger partial charge in [0.15, 0.2) is 5.58 Å². The fourth-order valence-electron chi connectivity index (χ4n) is 3.12. The molecule has 0 bridgehead atoms. The first-order chi connectivity index (χ1) is 10.7. The van der Waals surface area contributed by atoms with Crippen LogP contribution in [0.2, 0.25) is 5.15 Å². The van der Waals surface area contributed by atoms with Crippen LogP contribution in [-0.4, -0.2) is 28.5 Å². The number of fused-ring (bicyclic) bond motifs is 1. The maximum Gasteiger partial charge on any atom is 0.153 e. The highest BCUT2D eigenvalue weighted by atomic mass is 35.5. The smallest absolute Gasteiger partial charge is 0.153 e. The van der Waals surface area contributed by atoms with E-state index >= 15 is 0 Å². The van der Waals surface area contributed by atoms with Gasteiger partial charge < -0.3 is 4.42 Å². The van der Waals surface area contributed by atoms with Crippen LogP contribution in [0.25, 0.3) is 22.2 Å². The van der Waals surface area contributed by atoms with Crippen LogP contribution < -0.4 is 0 Å². The minimum Gasteiger partial charge on any atom is -0.458 e. The summed E-state index contributed by atoms with van der Waals surface area (Å²) in [6.07, 6.45) is 5.85. The number of hydrogen-bond donors (Lipinski definition) is 0. The standard InChI is InChI=1S/C17H16ClN3O/c1-21-7-3-5-14(21)16-9-13-15(22-16)8-12(17(18)20-13)11-4-2-6-19-10-11/h2,4,6,8-10,14H,3,5,7H2,1H3. The lowest BCUT2D eigenvalue weighted by molar-refractivity contribution is 0.281. The molecule has 1 aliphatic rings. The number of pyridine rings is 2. The summed E-state index contributed by atoms with van der Waals surface area (Å²) in [6, 6.07) is 8.17. The Balaban J connectivity index is 1.80. The summed E-state index contributed by atoms with van der Waals surface area (Å²) in [5, 5.41) is 0.479. The summed E-state index contributed by atoms with van der Waals surface area (Å²) in [5.74, 6) is 0.974. The van der Waals surface area contributed by atoms with Crippen molar-refractivity contribution >= 4 is 22.7 Å². The molecule has 3 aromatic rings. The van der Waals surface area contributed by atoms with Crippen molar-refractivity contribution in [3.63, 3.8) is 0 Å². The molecule has 4 rings (SSSR count). The maximum atomic E-state index is 6.34. The van der Waals surface area contributed by atoms with Gasteiger partial charge in [-0.15, -0.1) is 0 Å². The molecule has 4 heterocycles. The van der Waals surface area contributed by atoms with Gasteiger partial charge in [0, 0.05) is 29.6 Å². The summed E-state index contributed by atoms with van der Waals surface area (Å²) >= 11 is 6.34. The quantitative estimate of drug-likeness (QED) is 0.661. The Kier molecular flexibility index (Phi) is 3.36. The van der Waals surface area contributed by atoms with E-state index < -0.39 is 0 Å². The van der Waals surface area contributed by atoms with Crippen LogP contribution in [0.5, 0.6) is 0 Å². The molecule has 1 unspecified atom stereocenters. The number of hydrogen-bond acceptors (Lipinski definition) is 4. The highest BCUT2D eigenvalue weighted by Crippen LogP contribution is 2.36. The third kappa shape index (κ3) is 2.28. The van der Waals surface area contributed by atoms with E-state index in [9.17, 15) is 0 Å². The number of halogens is 1. The molecule has 1 atom stereocenters. The first-order valence-electron chi connectivity index (χ1n) is 7.43. The van der Waals surface area contributed by atoms with E-state index in [-0.39, 0.29) is 0 Å². The van der Waals surface area contributed by atoms with Gasteiger partial charge in [0.25, 0.3) is 0 Å². The molecule has 0 radical (unpaired) electrons. The predicted molar refractivity (Wildman–Crippen MR) is 86.9 cm³/mol. The first-order valence-corrected chi connectivity index (χ1v) is 7.81. The van der Waals surface area contributed by atoms with Gasteiger partial charge in [-0.3, -0.25) is 9.88 Å². The van der Waals surface area contributed by atoms with Crippen molar-refractivity contribution in [1.82, 2.24) is 14.9 Å². The monoisotopic (exact) mass is 313 g/mol. The molecular formula is C17H16ClN3O. The van der Waals surface area contributed by atoms with Crippen molar-refractivity contribution < 1.29 is 4.42 Å². The Morgan fingerprint density at radius 3 is 3.00 bits per heavy atom. The Hall–Kier alpha value is -1.91. The van der Waals surface area contributed by atoms with Crippen molar-refractivity contribution in [2.24, 2.45) is 0 Å². The predicted octanol–water partition coefficient (Wildman–Crippen LogP) is 4.31. The van der Waals surface area contributed by atoms with Gasteiger partial charge in [-0.05, 0) is 38.6 Å². The zero-order valence-corrected chi connectivity index (χ0v) is 13.0. The van der Waals surface area contributed by atoms with Crippen molar-refractivity contribution in [1.29, 1.82) is 0 Å². The largest absolute Gasteiger partial charge is 0.458 e. The van der Waals surface area contributed by atoms with Crippen molar-refractivity contribution in [2.45, 2.75) is 18.9 Å². The van der Waals surface area contributed by atoms with Gasteiger partial charge in [-0.2, -0.15) is 0 Å². The number of furan rings is 1. The molecule has 22 heavy (non-hydrogen) atoms. The molecule has 0 aromatic carbocycles. The second kappa shape index (κ2) is 5.38. The molecule has 1 saturated heterocycles. The van der Waals surface area contributed by atoms with E-state index in [4.69, 9.17) is 16.0 Å². The topological polar surface area (TPSA) is 42.2 Å². The van der Waals surface area contributed by atoms with Gasteiger partial charge in [0.2, 0.25) is 0 Å². The first kappa shape index (κ1) is 13.7. The third-order valence-corrected chi connectivity index (χ3v) is 4.59. The number of aromatic nitrogens is 2. The molecular weight excluding hydrogens is 298 g/mol. The summed E-state index contributed by atoms with van der Waals surface area (Å²) in [6.45, 7) is 1.11. The highest BCUT2D eigenvalue weighted by molar-refractivity contribution is 6.32. The summed E-state index contributed by atoms with van der Waals surface area (Å²) < 4.78 is 6.06. The average Bonchev–Trinajstić information content (AvgIpc) is 3.12. The second-order valence-corrected chi connectivity index (χ2v) is 6.10. The summed E-state index contributed by atoms with van der Waals surface area (Å²) in [5.41, 5.74) is 3.38. The molecule has 0 amide bonds. The van der Waals surface area contributed by atoms with E-state index in [1.807, 2.05) is 24.3 Å². The van der Waals surface area contributed by atoms with Crippen LogP contribution in [0.4, 0.5) is 0 Å². The average molecular weight is 314 g/mol. The number of likely N-dealkylation sites (tertiary alicyclic amines) is 1. The minimum atomic E-state index is 0.342. The molecule has 4 nitrogen and oxygen atoms in total. The lowest BCUT2D eigenvalue weighted by atomic mass is 10.1. The molecule has 0 N–H and O–H groups in total. The van der Waals surface area contributed by atoms with Gasteiger partial charge in [0.05, 0.1) is 6.04 Å².